The van der Waals surface area contributed by atoms with Gasteiger partial charge in [-0.2, -0.15) is 0 Å². The van der Waals surface area contributed by atoms with Crippen LogP contribution in [0.25, 0.3) is 0 Å². The summed E-state index contributed by atoms with van der Waals surface area (Å²) in [7, 11) is -4.24. The van der Waals surface area contributed by atoms with E-state index in [0.29, 0.717) is 0 Å². The number of benzene rings is 1. The van der Waals surface area contributed by atoms with Gasteiger partial charge in [-0.3, -0.25) is 4.79 Å². The van der Waals surface area contributed by atoms with Crippen LogP contribution in [0.3, 0.4) is 0 Å². The summed E-state index contributed by atoms with van der Waals surface area (Å²) in [6.07, 6.45) is 0.125. The Balaban J connectivity index is 3.03. The molecule has 1 aromatic rings. The average Bonchev–Trinajstić information content (AvgIpc) is 2.36. The number of carbonyl (C=O) groups is 2. The first-order valence-electron chi connectivity index (χ1n) is 5.65. The molecule has 0 aliphatic rings. The molecule has 7 nitrogen and oxygen atoms in total. The van der Waals surface area contributed by atoms with Crippen molar-refractivity contribution in [2.75, 3.05) is 6.54 Å². The Morgan fingerprint density at radius 2 is 2.00 bits per heavy atom. The first kappa shape index (κ1) is 17.5. The van der Waals surface area contributed by atoms with Crippen LogP contribution in [-0.2, 0) is 14.8 Å². The number of rotatable bonds is 7. The van der Waals surface area contributed by atoms with Crippen molar-refractivity contribution in [1.29, 1.82) is 0 Å². The van der Waals surface area contributed by atoms with Gasteiger partial charge in [0.05, 0.1) is 5.56 Å². The van der Waals surface area contributed by atoms with Gasteiger partial charge in [0, 0.05) is 17.4 Å². The highest BCUT2D eigenvalue weighted by Gasteiger charge is 2.24. The fourth-order valence-electron chi connectivity index (χ4n) is 1.46. The Labute approximate surface area is 128 Å². The second-order valence-corrected chi connectivity index (χ2v) is 6.69. The fraction of sp³-hybridized carbons (Fsp3) is 0.273. The van der Waals surface area contributed by atoms with Crippen LogP contribution in [0.5, 0.6) is 0 Å². The number of carboxylic acid groups (broad SMARTS) is 1. The number of carbonyl (C=O) groups excluding carboxylic acids is 1. The molecule has 0 atom stereocenters. The van der Waals surface area contributed by atoms with Crippen LogP contribution in [0.2, 0.25) is 0 Å². The topological polar surface area (TPSA) is 127 Å². The molecule has 0 bridgehead atoms. The Hall–Kier alpha value is -1.52. The molecule has 10 heteroatoms. The summed E-state index contributed by atoms with van der Waals surface area (Å²) >= 11 is 2.93. The van der Waals surface area contributed by atoms with E-state index in [1.165, 1.54) is 0 Å². The largest absolute Gasteiger partial charge is 0.478 e. The highest BCUT2D eigenvalue weighted by atomic mass is 79.9. The molecule has 0 fully saturated rings. The summed E-state index contributed by atoms with van der Waals surface area (Å²) in [5.41, 5.74) is 4.14. The van der Waals surface area contributed by atoms with Gasteiger partial charge in [0.2, 0.25) is 15.9 Å². The first-order valence-corrected chi connectivity index (χ1v) is 7.93. The average molecular weight is 383 g/mol. The van der Waals surface area contributed by atoms with Crippen LogP contribution in [0.1, 0.15) is 23.2 Å². The molecule has 0 saturated carbocycles. The molecular formula is C11H12BrFN2O5S. The van der Waals surface area contributed by atoms with Gasteiger partial charge in [0.15, 0.2) is 5.82 Å². The maximum absolute atomic E-state index is 13.9. The molecule has 0 spiro atoms. The molecule has 0 aromatic heterocycles. The number of aromatic carboxylic acids is 1. The third kappa shape index (κ3) is 4.76. The number of halogens is 2. The van der Waals surface area contributed by atoms with Crippen LogP contribution in [0.15, 0.2) is 21.5 Å². The minimum absolute atomic E-state index is 0.0239. The monoisotopic (exact) mass is 382 g/mol. The molecule has 1 rings (SSSR count). The third-order valence-electron chi connectivity index (χ3n) is 2.42. The Bertz CT molecular complexity index is 677. The lowest BCUT2D eigenvalue weighted by atomic mass is 10.2. The number of nitrogens with one attached hydrogen (secondary N) is 1. The van der Waals surface area contributed by atoms with Crippen molar-refractivity contribution in [3.05, 3.63) is 28.0 Å². The van der Waals surface area contributed by atoms with Crippen molar-refractivity contribution in [3.63, 3.8) is 0 Å². The van der Waals surface area contributed by atoms with Gasteiger partial charge < -0.3 is 10.8 Å². The number of hydrogen-bond acceptors (Lipinski definition) is 4. The van der Waals surface area contributed by atoms with Gasteiger partial charge in [0.1, 0.15) is 4.90 Å². The SMILES string of the molecule is NC(=O)CCCNS(=O)(=O)c1cc(Br)cc(C(=O)O)c1F. The first-order chi connectivity index (χ1) is 9.65. The second kappa shape index (κ2) is 6.96. The maximum Gasteiger partial charge on any atom is 0.338 e. The highest BCUT2D eigenvalue weighted by Crippen LogP contribution is 2.24. The Morgan fingerprint density at radius 1 is 1.38 bits per heavy atom. The van der Waals surface area contributed by atoms with E-state index in [2.05, 4.69) is 20.7 Å². The zero-order valence-corrected chi connectivity index (χ0v) is 13.0. The Morgan fingerprint density at radius 3 is 2.52 bits per heavy atom. The number of amides is 1. The smallest absolute Gasteiger partial charge is 0.338 e. The number of carboxylic acids is 1. The zero-order chi connectivity index (χ0) is 16.2. The third-order valence-corrected chi connectivity index (χ3v) is 4.33. The lowest BCUT2D eigenvalue weighted by Crippen LogP contribution is -2.27. The summed E-state index contributed by atoms with van der Waals surface area (Å²) in [5.74, 6) is -3.52. The van der Waals surface area contributed by atoms with Crippen molar-refractivity contribution >= 4 is 37.8 Å². The van der Waals surface area contributed by atoms with Crippen molar-refractivity contribution < 1.29 is 27.5 Å². The molecule has 0 saturated heterocycles. The normalized spacial score (nSPS) is 11.3. The molecule has 4 N–H and O–H groups in total. The minimum Gasteiger partial charge on any atom is -0.478 e. The summed E-state index contributed by atoms with van der Waals surface area (Å²) in [6, 6.07) is 1.92. The standard InChI is InChI=1S/C11H12BrFN2O5S/c12-6-4-7(11(17)18)10(13)8(5-6)21(19,20)15-3-1-2-9(14)16/h4-5,15H,1-3H2,(H2,14,16)(H,17,18). The summed E-state index contributed by atoms with van der Waals surface area (Å²) in [4.78, 5) is 20.6. The minimum atomic E-state index is -4.24. The van der Waals surface area contributed by atoms with Crippen LogP contribution in [0, 0.1) is 5.82 Å². The second-order valence-electron chi connectivity index (χ2n) is 4.04. The number of primary amides is 1. The van der Waals surface area contributed by atoms with E-state index < -0.39 is 38.2 Å². The van der Waals surface area contributed by atoms with Gasteiger partial charge in [0.25, 0.3) is 0 Å². The van der Waals surface area contributed by atoms with Crippen molar-refractivity contribution in [2.45, 2.75) is 17.7 Å². The number of sulfonamides is 1. The molecule has 0 aliphatic carbocycles. The van der Waals surface area contributed by atoms with E-state index in [1.54, 1.807) is 0 Å². The van der Waals surface area contributed by atoms with Gasteiger partial charge in [-0.1, -0.05) is 15.9 Å². The van der Waals surface area contributed by atoms with Gasteiger partial charge in [-0.05, 0) is 18.6 Å². The van der Waals surface area contributed by atoms with Crippen LogP contribution < -0.4 is 10.5 Å². The quantitative estimate of drug-likeness (QED) is 0.601. The van der Waals surface area contributed by atoms with Gasteiger partial charge in [-0.25, -0.2) is 22.3 Å². The van der Waals surface area contributed by atoms with Crippen LogP contribution >= 0.6 is 15.9 Å². The molecule has 0 aliphatic heterocycles. The van der Waals surface area contributed by atoms with Crippen molar-refractivity contribution in [3.8, 4) is 0 Å². The van der Waals surface area contributed by atoms with Gasteiger partial charge >= 0.3 is 5.97 Å². The van der Waals surface area contributed by atoms with E-state index in [1.807, 2.05) is 0 Å². The Kier molecular flexibility index (Phi) is 5.81. The number of hydrogen-bond donors (Lipinski definition) is 3. The molecule has 21 heavy (non-hydrogen) atoms. The maximum atomic E-state index is 13.9. The van der Waals surface area contributed by atoms with Crippen LogP contribution in [-0.4, -0.2) is 31.9 Å². The van der Waals surface area contributed by atoms with E-state index in [0.717, 1.165) is 12.1 Å². The molecular weight excluding hydrogens is 371 g/mol. The summed E-state index contributed by atoms with van der Waals surface area (Å²) < 4.78 is 40.0. The molecule has 1 amide bonds. The highest BCUT2D eigenvalue weighted by molar-refractivity contribution is 9.10. The van der Waals surface area contributed by atoms with E-state index in [9.17, 15) is 22.4 Å². The molecule has 0 radical (unpaired) electrons. The summed E-state index contributed by atoms with van der Waals surface area (Å²) in [6.45, 7) is -0.125. The molecule has 116 valence electrons. The molecule has 1 aromatic carbocycles. The van der Waals surface area contributed by atoms with Crippen molar-refractivity contribution in [1.82, 2.24) is 4.72 Å². The van der Waals surface area contributed by atoms with E-state index >= 15 is 0 Å². The van der Waals surface area contributed by atoms with Gasteiger partial charge in [-0.15, -0.1) is 0 Å². The predicted molar refractivity (Wildman–Crippen MR) is 74.7 cm³/mol. The predicted octanol–water partition coefficient (Wildman–Crippen LogP) is 0.830. The molecule has 0 heterocycles. The van der Waals surface area contributed by atoms with Crippen LogP contribution in [0.4, 0.5) is 4.39 Å². The number of nitrogens with two attached hydrogens (primary N) is 1. The lowest BCUT2D eigenvalue weighted by Gasteiger charge is -2.09. The zero-order valence-electron chi connectivity index (χ0n) is 10.6. The fourth-order valence-corrected chi connectivity index (χ4v) is 3.27. The van der Waals surface area contributed by atoms with E-state index in [-0.39, 0.29) is 23.9 Å². The van der Waals surface area contributed by atoms with E-state index in [4.69, 9.17) is 10.8 Å². The van der Waals surface area contributed by atoms with Crippen molar-refractivity contribution in [2.24, 2.45) is 5.73 Å². The summed E-state index contributed by atoms with van der Waals surface area (Å²) in [5, 5.41) is 8.83. The lowest BCUT2D eigenvalue weighted by molar-refractivity contribution is -0.118. The molecule has 0 unspecified atom stereocenters.